The molecule has 0 aliphatic carbocycles. The number of anilines is 1. The number of hydrogen-bond donors (Lipinski definition) is 1. The molecule has 4 rings (SSSR count). The first-order valence-corrected chi connectivity index (χ1v) is 10.4. The highest BCUT2D eigenvalue weighted by atomic mass is 35.5. The van der Waals surface area contributed by atoms with Crippen molar-refractivity contribution in [2.45, 2.75) is 6.54 Å². The SMILES string of the molecule is COC(=O)c1ccccc1NC(=O)Cn1cnc2cc(-c3ccc(Cl)cc3)sc2c1=O. The summed E-state index contributed by atoms with van der Waals surface area (Å²) in [5.74, 6) is -1.03. The van der Waals surface area contributed by atoms with E-state index in [0.29, 0.717) is 20.9 Å². The number of thiophene rings is 1. The van der Waals surface area contributed by atoms with Gasteiger partial charge in [-0.05, 0) is 35.9 Å². The van der Waals surface area contributed by atoms with E-state index >= 15 is 0 Å². The number of carbonyl (C=O) groups excluding carboxylic acids is 2. The van der Waals surface area contributed by atoms with Crippen LogP contribution in [0.2, 0.25) is 5.02 Å². The molecule has 31 heavy (non-hydrogen) atoms. The van der Waals surface area contributed by atoms with Crippen molar-refractivity contribution in [2.75, 3.05) is 12.4 Å². The van der Waals surface area contributed by atoms with Crippen LogP contribution in [-0.2, 0) is 16.1 Å². The summed E-state index contributed by atoms with van der Waals surface area (Å²) in [6.45, 7) is -0.245. The molecule has 0 spiro atoms. The number of ether oxygens (including phenoxy) is 1. The van der Waals surface area contributed by atoms with Crippen molar-refractivity contribution < 1.29 is 14.3 Å². The minimum atomic E-state index is -0.565. The number of methoxy groups -OCH3 is 1. The molecule has 1 N–H and O–H groups in total. The molecule has 0 bridgehead atoms. The first-order valence-electron chi connectivity index (χ1n) is 9.18. The van der Waals surface area contributed by atoms with Gasteiger partial charge in [0.05, 0.1) is 30.2 Å². The monoisotopic (exact) mass is 453 g/mol. The second-order valence-corrected chi connectivity index (χ2v) is 8.08. The van der Waals surface area contributed by atoms with Gasteiger partial charge in [0.2, 0.25) is 5.91 Å². The summed E-state index contributed by atoms with van der Waals surface area (Å²) < 4.78 is 6.42. The van der Waals surface area contributed by atoms with Crippen LogP contribution in [0.4, 0.5) is 5.69 Å². The molecule has 0 aliphatic rings. The fraction of sp³-hybridized carbons (Fsp3) is 0.0909. The van der Waals surface area contributed by atoms with E-state index in [1.807, 2.05) is 18.2 Å². The molecule has 0 aliphatic heterocycles. The zero-order valence-corrected chi connectivity index (χ0v) is 17.9. The molecule has 1 amide bonds. The van der Waals surface area contributed by atoms with Gasteiger partial charge in [-0.3, -0.25) is 14.2 Å². The number of nitrogens with one attached hydrogen (secondary N) is 1. The number of hydrogen-bond acceptors (Lipinski definition) is 6. The van der Waals surface area contributed by atoms with E-state index in [9.17, 15) is 14.4 Å². The van der Waals surface area contributed by atoms with Crippen molar-refractivity contribution in [2.24, 2.45) is 0 Å². The third-order valence-electron chi connectivity index (χ3n) is 4.55. The first-order chi connectivity index (χ1) is 15.0. The Hall–Kier alpha value is -3.49. The van der Waals surface area contributed by atoms with Crippen LogP contribution >= 0.6 is 22.9 Å². The van der Waals surface area contributed by atoms with Crippen LogP contribution in [0.3, 0.4) is 0 Å². The molecule has 2 heterocycles. The van der Waals surface area contributed by atoms with Crippen molar-refractivity contribution in [1.82, 2.24) is 9.55 Å². The molecule has 9 heteroatoms. The number of amides is 1. The number of aromatic nitrogens is 2. The highest BCUT2D eigenvalue weighted by Crippen LogP contribution is 2.31. The molecule has 0 fully saturated rings. The number of para-hydroxylation sites is 1. The van der Waals surface area contributed by atoms with Gasteiger partial charge in [-0.2, -0.15) is 0 Å². The minimum absolute atomic E-state index is 0.227. The lowest BCUT2D eigenvalue weighted by atomic mass is 10.2. The molecule has 156 valence electrons. The first kappa shape index (κ1) is 20.8. The fourth-order valence-electron chi connectivity index (χ4n) is 3.04. The summed E-state index contributed by atoms with van der Waals surface area (Å²) in [4.78, 5) is 42.5. The normalized spacial score (nSPS) is 10.8. The molecule has 0 atom stereocenters. The molecule has 2 aromatic carbocycles. The van der Waals surface area contributed by atoms with Crippen LogP contribution in [0.25, 0.3) is 20.7 Å². The van der Waals surface area contributed by atoms with E-state index in [0.717, 1.165) is 10.4 Å². The molecule has 2 aromatic heterocycles. The van der Waals surface area contributed by atoms with E-state index in [1.54, 1.807) is 36.4 Å². The molecule has 0 saturated carbocycles. The van der Waals surface area contributed by atoms with E-state index in [2.05, 4.69) is 10.3 Å². The Balaban J connectivity index is 1.59. The van der Waals surface area contributed by atoms with Crippen molar-refractivity contribution in [1.29, 1.82) is 0 Å². The van der Waals surface area contributed by atoms with Crippen LogP contribution in [0.15, 0.2) is 65.7 Å². The van der Waals surface area contributed by atoms with Crippen molar-refractivity contribution >= 4 is 50.7 Å². The van der Waals surface area contributed by atoms with E-state index < -0.39 is 11.9 Å². The summed E-state index contributed by atoms with van der Waals surface area (Å²) in [7, 11) is 1.26. The van der Waals surface area contributed by atoms with Gasteiger partial charge >= 0.3 is 5.97 Å². The van der Waals surface area contributed by atoms with Crippen molar-refractivity contribution in [3.05, 3.63) is 81.9 Å². The Kier molecular flexibility index (Phi) is 5.83. The molecule has 4 aromatic rings. The van der Waals surface area contributed by atoms with E-state index in [4.69, 9.17) is 16.3 Å². The zero-order valence-electron chi connectivity index (χ0n) is 16.3. The second-order valence-electron chi connectivity index (χ2n) is 6.59. The highest BCUT2D eigenvalue weighted by Gasteiger charge is 2.15. The van der Waals surface area contributed by atoms with Crippen LogP contribution in [0, 0.1) is 0 Å². The van der Waals surface area contributed by atoms with Crippen LogP contribution in [0.1, 0.15) is 10.4 Å². The largest absolute Gasteiger partial charge is 0.465 e. The Morgan fingerprint density at radius 3 is 2.65 bits per heavy atom. The third kappa shape index (κ3) is 4.35. The molecule has 0 unspecified atom stereocenters. The van der Waals surface area contributed by atoms with Gasteiger partial charge in [-0.1, -0.05) is 35.9 Å². The van der Waals surface area contributed by atoms with E-state index in [1.165, 1.54) is 29.3 Å². The van der Waals surface area contributed by atoms with Gasteiger partial charge < -0.3 is 10.1 Å². The van der Waals surface area contributed by atoms with Crippen LogP contribution < -0.4 is 10.9 Å². The van der Waals surface area contributed by atoms with Gasteiger partial charge in [-0.15, -0.1) is 11.3 Å². The number of carbonyl (C=O) groups is 2. The quantitative estimate of drug-likeness (QED) is 0.457. The van der Waals surface area contributed by atoms with Gasteiger partial charge in [0.15, 0.2) is 0 Å². The maximum absolute atomic E-state index is 12.9. The summed E-state index contributed by atoms with van der Waals surface area (Å²) in [5, 5.41) is 3.28. The van der Waals surface area contributed by atoms with Crippen molar-refractivity contribution in [3.8, 4) is 10.4 Å². The Labute approximate surface area is 185 Å². The third-order valence-corrected chi connectivity index (χ3v) is 5.97. The minimum Gasteiger partial charge on any atom is -0.465 e. The number of nitrogens with zero attached hydrogens (tertiary/aromatic N) is 2. The van der Waals surface area contributed by atoms with Gasteiger partial charge in [0.1, 0.15) is 11.2 Å². The topological polar surface area (TPSA) is 90.3 Å². The molecule has 0 radical (unpaired) electrons. The summed E-state index contributed by atoms with van der Waals surface area (Å²) in [6.07, 6.45) is 1.34. The number of rotatable bonds is 5. The average molecular weight is 454 g/mol. The number of benzene rings is 2. The lowest BCUT2D eigenvalue weighted by Crippen LogP contribution is -2.28. The summed E-state index contributed by atoms with van der Waals surface area (Å²) in [6, 6.07) is 15.6. The zero-order chi connectivity index (χ0) is 22.0. The van der Waals surface area contributed by atoms with Crippen LogP contribution in [0.5, 0.6) is 0 Å². The molecular weight excluding hydrogens is 438 g/mol. The average Bonchev–Trinajstić information content (AvgIpc) is 3.21. The van der Waals surface area contributed by atoms with Crippen molar-refractivity contribution in [3.63, 3.8) is 0 Å². The maximum atomic E-state index is 12.9. The summed E-state index contributed by atoms with van der Waals surface area (Å²) in [5.41, 5.74) is 1.71. The standard InChI is InChI=1S/C22H16ClN3O4S/c1-30-22(29)15-4-2-3-5-16(15)25-19(27)11-26-12-24-17-10-18(31-20(17)21(26)28)13-6-8-14(23)9-7-13/h2-10,12H,11H2,1H3,(H,25,27). The van der Waals surface area contributed by atoms with Gasteiger partial charge in [-0.25, -0.2) is 9.78 Å². The molecular formula is C22H16ClN3O4S. The molecule has 0 saturated heterocycles. The Morgan fingerprint density at radius 1 is 1.16 bits per heavy atom. The maximum Gasteiger partial charge on any atom is 0.339 e. The lowest BCUT2D eigenvalue weighted by Gasteiger charge is -2.10. The number of halogens is 1. The van der Waals surface area contributed by atoms with E-state index in [-0.39, 0.29) is 17.7 Å². The lowest BCUT2D eigenvalue weighted by molar-refractivity contribution is -0.116. The Bertz CT molecular complexity index is 1350. The fourth-order valence-corrected chi connectivity index (χ4v) is 4.23. The molecule has 7 nitrogen and oxygen atoms in total. The number of fused-ring (bicyclic) bond motifs is 1. The highest BCUT2D eigenvalue weighted by molar-refractivity contribution is 7.22. The summed E-state index contributed by atoms with van der Waals surface area (Å²) >= 11 is 7.25. The Morgan fingerprint density at radius 2 is 1.90 bits per heavy atom. The van der Waals surface area contributed by atoms with Crippen LogP contribution in [-0.4, -0.2) is 28.5 Å². The van der Waals surface area contributed by atoms with Gasteiger partial charge in [0, 0.05) is 9.90 Å². The predicted molar refractivity (Wildman–Crippen MR) is 121 cm³/mol. The predicted octanol–water partition coefficient (Wildman–Crippen LogP) is 4.20. The van der Waals surface area contributed by atoms with Gasteiger partial charge in [0.25, 0.3) is 5.56 Å². The number of esters is 1. The second kappa shape index (κ2) is 8.71. The smallest absolute Gasteiger partial charge is 0.339 e.